The zero-order valence-corrected chi connectivity index (χ0v) is 28.4. The lowest BCUT2D eigenvalue weighted by Gasteiger charge is -2.46. The fourth-order valence-electron chi connectivity index (χ4n) is 5.60. The Bertz CT molecular complexity index is 1470. The van der Waals surface area contributed by atoms with Gasteiger partial charge in [-0.25, -0.2) is 8.42 Å². The van der Waals surface area contributed by atoms with E-state index in [1.165, 1.54) is 19.2 Å². The molecule has 2 aromatic rings. The Morgan fingerprint density at radius 1 is 0.959 bits per heavy atom. The molecule has 0 amide bonds. The Labute approximate surface area is 287 Å². The molecule has 4 unspecified atom stereocenters. The summed E-state index contributed by atoms with van der Waals surface area (Å²) in [6.07, 6.45) is -12.1. The maximum Gasteiger partial charge on any atom is 0.233 e. The maximum atomic E-state index is 13.0. The number of aromatic nitrogens is 3. The Hall–Kier alpha value is -2.37. The van der Waals surface area contributed by atoms with Crippen LogP contribution in [-0.4, -0.2) is 163 Å². The van der Waals surface area contributed by atoms with E-state index in [-0.39, 0.29) is 35.1 Å². The molecule has 1 aromatic carbocycles. The third-order valence-electron chi connectivity index (χ3n) is 8.55. The van der Waals surface area contributed by atoms with Crippen LogP contribution in [0.5, 0.6) is 0 Å². The number of sulfone groups is 1. The SMILES string of the molecule is CO[C@@H]1O[C@@H](CO)[C@@H](O[C@@H]2OC(COCCS(=O)(=O)c3ccc(Nc4nc(Cl)nc(N5CCOCC5)n4)cc3)[C@@H](C)[C@H](O)C2O)C(O)C1O. The normalized spacial score (nSPS) is 32.6. The molecule has 18 nitrogen and oxygen atoms in total. The van der Waals surface area contributed by atoms with Crippen molar-refractivity contribution in [2.45, 2.75) is 67.1 Å². The highest BCUT2D eigenvalue weighted by molar-refractivity contribution is 7.91. The maximum absolute atomic E-state index is 13.0. The van der Waals surface area contributed by atoms with E-state index >= 15 is 0 Å². The van der Waals surface area contributed by atoms with Crippen molar-refractivity contribution in [2.24, 2.45) is 5.92 Å². The van der Waals surface area contributed by atoms with E-state index in [0.717, 1.165) is 0 Å². The van der Waals surface area contributed by atoms with Gasteiger partial charge in [-0.15, -0.1) is 0 Å². The molecule has 0 radical (unpaired) electrons. The van der Waals surface area contributed by atoms with Crippen LogP contribution in [0.4, 0.5) is 17.6 Å². The summed E-state index contributed by atoms with van der Waals surface area (Å²) in [6.45, 7) is 2.93. The Morgan fingerprint density at radius 3 is 2.31 bits per heavy atom. The number of nitrogens with one attached hydrogen (secondary N) is 1. The monoisotopic (exact) mass is 735 g/mol. The molecule has 274 valence electrons. The van der Waals surface area contributed by atoms with E-state index in [2.05, 4.69) is 20.3 Å². The first-order valence-corrected chi connectivity index (χ1v) is 17.7. The van der Waals surface area contributed by atoms with E-state index in [1.54, 1.807) is 19.1 Å². The van der Waals surface area contributed by atoms with Crippen molar-refractivity contribution in [3.8, 4) is 0 Å². The highest BCUT2D eigenvalue weighted by Crippen LogP contribution is 2.31. The van der Waals surface area contributed by atoms with Gasteiger partial charge in [0, 0.05) is 31.8 Å². The number of anilines is 3. The number of nitrogens with zero attached hydrogens (tertiary/aromatic N) is 4. The van der Waals surface area contributed by atoms with E-state index in [1.807, 2.05) is 4.90 Å². The lowest BCUT2D eigenvalue weighted by molar-refractivity contribution is -0.353. The van der Waals surface area contributed by atoms with Gasteiger partial charge in [-0.05, 0) is 35.9 Å². The van der Waals surface area contributed by atoms with E-state index in [9.17, 15) is 34.0 Å². The largest absolute Gasteiger partial charge is 0.394 e. The minimum Gasteiger partial charge on any atom is -0.394 e. The van der Waals surface area contributed by atoms with Crippen molar-refractivity contribution < 1.29 is 62.4 Å². The predicted octanol–water partition coefficient (Wildman–Crippen LogP) is -1.55. The van der Waals surface area contributed by atoms with Crippen molar-refractivity contribution in [1.82, 2.24) is 15.0 Å². The number of rotatable bonds is 13. The molecular weight excluding hydrogens is 694 g/mol. The van der Waals surface area contributed by atoms with Crippen LogP contribution in [0.2, 0.25) is 5.28 Å². The lowest BCUT2D eigenvalue weighted by Crippen LogP contribution is -2.63. The molecule has 20 heteroatoms. The average molecular weight is 736 g/mol. The van der Waals surface area contributed by atoms with Crippen molar-refractivity contribution >= 4 is 39.0 Å². The van der Waals surface area contributed by atoms with Crippen LogP contribution < -0.4 is 10.2 Å². The number of hydrogen-bond acceptors (Lipinski definition) is 18. The summed E-state index contributed by atoms with van der Waals surface area (Å²) in [4.78, 5) is 14.7. The third-order valence-corrected chi connectivity index (χ3v) is 10.4. The fourth-order valence-corrected chi connectivity index (χ4v) is 6.88. The molecule has 0 saturated carbocycles. The quantitative estimate of drug-likeness (QED) is 0.128. The number of benzene rings is 1. The molecule has 49 heavy (non-hydrogen) atoms. The van der Waals surface area contributed by atoms with Crippen molar-refractivity contribution in [1.29, 1.82) is 0 Å². The van der Waals surface area contributed by atoms with Crippen LogP contribution in [0.1, 0.15) is 6.92 Å². The summed E-state index contributed by atoms with van der Waals surface area (Å²) in [5.74, 6) is -0.412. The highest BCUT2D eigenvalue weighted by atomic mass is 35.5. The van der Waals surface area contributed by atoms with Gasteiger partial charge < -0.3 is 64.2 Å². The third kappa shape index (κ3) is 9.11. The standard InChI is InChI=1S/C29H42ClN5O13S/c1-15-19(47-26(22(39)20(15)37)48-24-18(13-36)46-25(43-2)23(40)21(24)38)14-45-11-12-49(41,42)17-5-3-16(4-6-17)31-28-32-27(30)33-29(34-28)35-7-9-44-10-8-35/h3-6,15,18-26,36-40H,7-14H2,1-2H3,(H,31,32,33,34)/t15-,18+,19?,20+,21?,22?,23?,24-,25-,26+/m1/s1. The summed E-state index contributed by atoms with van der Waals surface area (Å²) in [6, 6.07) is 6.00. The Balaban J connectivity index is 1.13. The first kappa shape index (κ1) is 37.9. The molecule has 3 fully saturated rings. The zero-order chi connectivity index (χ0) is 35.3. The molecule has 10 atom stereocenters. The summed E-state index contributed by atoms with van der Waals surface area (Å²) in [5.41, 5.74) is 0.525. The number of hydrogen-bond donors (Lipinski definition) is 6. The van der Waals surface area contributed by atoms with Gasteiger partial charge in [0.05, 0.1) is 55.9 Å². The number of aliphatic hydroxyl groups is 5. The molecule has 0 bridgehead atoms. The predicted molar refractivity (Wildman–Crippen MR) is 170 cm³/mol. The minimum atomic E-state index is -3.76. The van der Waals surface area contributed by atoms with Crippen LogP contribution in [0.15, 0.2) is 29.2 Å². The van der Waals surface area contributed by atoms with Crippen molar-refractivity contribution in [3.05, 3.63) is 29.5 Å². The number of halogens is 1. The van der Waals surface area contributed by atoms with Gasteiger partial charge in [0.2, 0.25) is 17.2 Å². The Kier molecular flexibility index (Phi) is 13.0. The lowest BCUT2D eigenvalue weighted by atomic mass is 9.90. The average Bonchev–Trinajstić information content (AvgIpc) is 3.10. The van der Waals surface area contributed by atoms with Crippen LogP contribution in [0, 0.1) is 5.92 Å². The topological polar surface area (TPSA) is 245 Å². The van der Waals surface area contributed by atoms with Crippen LogP contribution in [0.3, 0.4) is 0 Å². The zero-order valence-electron chi connectivity index (χ0n) is 26.8. The summed E-state index contributed by atoms with van der Waals surface area (Å²) in [5, 5.41) is 54.9. The van der Waals surface area contributed by atoms with Gasteiger partial charge in [-0.2, -0.15) is 15.0 Å². The fraction of sp³-hybridized carbons (Fsp3) is 0.690. The summed E-state index contributed by atoms with van der Waals surface area (Å²) >= 11 is 6.11. The second-order valence-electron chi connectivity index (χ2n) is 11.8. The molecule has 3 aliphatic heterocycles. The number of aliphatic hydroxyl groups excluding tert-OH is 5. The van der Waals surface area contributed by atoms with E-state index in [0.29, 0.717) is 37.9 Å². The van der Waals surface area contributed by atoms with Gasteiger partial charge >= 0.3 is 0 Å². The second-order valence-corrected chi connectivity index (χ2v) is 14.2. The smallest absolute Gasteiger partial charge is 0.233 e. The Morgan fingerprint density at radius 2 is 1.63 bits per heavy atom. The molecule has 3 aliphatic rings. The van der Waals surface area contributed by atoms with E-state index < -0.39 is 77.7 Å². The molecule has 1 aromatic heterocycles. The molecule has 0 aliphatic carbocycles. The molecule has 6 N–H and O–H groups in total. The second kappa shape index (κ2) is 16.8. The number of morpholine rings is 1. The van der Waals surface area contributed by atoms with Crippen LogP contribution in [-0.2, 0) is 38.3 Å². The van der Waals surface area contributed by atoms with Crippen molar-refractivity contribution in [2.75, 3.05) is 69.2 Å². The van der Waals surface area contributed by atoms with Crippen LogP contribution in [0.25, 0.3) is 0 Å². The van der Waals surface area contributed by atoms with E-state index in [4.69, 9.17) is 40.0 Å². The summed E-state index contributed by atoms with van der Waals surface area (Å²) < 4.78 is 59.0. The van der Waals surface area contributed by atoms with Gasteiger partial charge in [-0.3, -0.25) is 0 Å². The minimum absolute atomic E-state index is 0.00776. The van der Waals surface area contributed by atoms with Gasteiger partial charge in [-0.1, -0.05) is 6.92 Å². The van der Waals surface area contributed by atoms with Crippen molar-refractivity contribution in [3.63, 3.8) is 0 Å². The van der Waals surface area contributed by atoms with Gasteiger partial charge in [0.15, 0.2) is 22.4 Å². The van der Waals surface area contributed by atoms with Gasteiger partial charge in [0.25, 0.3) is 0 Å². The molecule has 5 rings (SSSR count). The highest BCUT2D eigenvalue weighted by Gasteiger charge is 2.50. The number of methoxy groups -OCH3 is 1. The van der Waals surface area contributed by atoms with Gasteiger partial charge in [0.1, 0.15) is 30.5 Å². The number of ether oxygens (including phenoxy) is 6. The molecule has 3 saturated heterocycles. The van der Waals surface area contributed by atoms with Crippen LogP contribution >= 0.6 is 11.6 Å². The molecule has 0 spiro atoms. The molecule has 4 heterocycles. The first-order chi connectivity index (χ1) is 23.4. The first-order valence-electron chi connectivity index (χ1n) is 15.7. The summed E-state index contributed by atoms with van der Waals surface area (Å²) in [7, 11) is -2.50. The molecular formula is C29H42ClN5O13S.